The molecule has 0 fully saturated rings. The summed E-state index contributed by atoms with van der Waals surface area (Å²) < 4.78 is 10.7. The van der Waals surface area contributed by atoms with Gasteiger partial charge in [-0.25, -0.2) is 0 Å². The summed E-state index contributed by atoms with van der Waals surface area (Å²) in [5.74, 6) is 1.92. The van der Waals surface area contributed by atoms with Crippen molar-refractivity contribution in [2.75, 3.05) is 13.7 Å². The summed E-state index contributed by atoms with van der Waals surface area (Å²) in [5.41, 5.74) is 1.28. The zero-order valence-corrected chi connectivity index (χ0v) is 11.6. The molecular weight excluding hydrogens is 238 g/mol. The molecule has 1 unspecified atom stereocenters. The van der Waals surface area contributed by atoms with Gasteiger partial charge in [-0.2, -0.15) is 0 Å². The number of nitrogens with one attached hydrogen (secondary N) is 1. The lowest BCUT2D eigenvalue weighted by atomic mass is 10.1. The van der Waals surface area contributed by atoms with Gasteiger partial charge in [0.05, 0.1) is 19.4 Å². The van der Waals surface area contributed by atoms with Gasteiger partial charge in [0.1, 0.15) is 11.5 Å². The van der Waals surface area contributed by atoms with E-state index in [2.05, 4.69) is 24.4 Å². The first-order chi connectivity index (χ1) is 9.33. The van der Waals surface area contributed by atoms with Gasteiger partial charge in [-0.05, 0) is 49.2 Å². The van der Waals surface area contributed by atoms with E-state index in [1.165, 1.54) is 5.56 Å². The molecule has 102 valence electrons. The molecule has 0 amide bonds. The molecular formula is C16H21NO2. The van der Waals surface area contributed by atoms with Gasteiger partial charge in [0.25, 0.3) is 0 Å². The molecule has 2 rings (SSSR count). The number of hydrogen-bond acceptors (Lipinski definition) is 3. The number of benzene rings is 1. The predicted molar refractivity (Wildman–Crippen MR) is 76.4 cm³/mol. The van der Waals surface area contributed by atoms with E-state index in [4.69, 9.17) is 9.15 Å². The lowest BCUT2D eigenvalue weighted by Gasteiger charge is -2.14. The first-order valence-corrected chi connectivity index (χ1v) is 6.73. The standard InChI is InChI=1S/C16H21NO2/c1-3-15(16-8-5-11-19-16)17-10-9-13-6-4-7-14(12-13)18-2/h4-8,11-12,15,17H,3,9-10H2,1-2H3. The first-order valence-electron chi connectivity index (χ1n) is 6.73. The molecule has 19 heavy (non-hydrogen) atoms. The largest absolute Gasteiger partial charge is 0.497 e. The van der Waals surface area contributed by atoms with Crippen LogP contribution in [0.5, 0.6) is 5.75 Å². The Labute approximate surface area is 114 Å². The number of ether oxygens (including phenoxy) is 1. The van der Waals surface area contributed by atoms with Crippen molar-refractivity contribution in [1.82, 2.24) is 5.32 Å². The third-order valence-corrected chi connectivity index (χ3v) is 3.23. The van der Waals surface area contributed by atoms with Crippen LogP contribution in [0.3, 0.4) is 0 Å². The maximum Gasteiger partial charge on any atom is 0.120 e. The number of furan rings is 1. The van der Waals surface area contributed by atoms with Gasteiger partial charge in [-0.15, -0.1) is 0 Å². The first kappa shape index (κ1) is 13.7. The summed E-state index contributed by atoms with van der Waals surface area (Å²) in [7, 11) is 1.70. The third-order valence-electron chi connectivity index (χ3n) is 3.23. The quantitative estimate of drug-likeness (QED) is 0.825. The SMILES string of the molecule is CCC(NCCc1cccc(OC)c1)c1ccco1. The molecule has 1 heterocycles. The highest BCUT2D eigenvalue weighted by Crippen LogP contribution is 2.17. The Bertz CT molecular complexity index is 479. The van der Waals surface area contributed by atoms with Gasteiger partial charge in [-0.1, -0.05) is 19.1 Å². The van der Waals surface area contributed by atoms with Crippen molar-refractivity contribution in [3.8, 4) is 5.75 Å². The topological polar surface area (TPSA) is 34.4 Å². The molecule has 3 nitrogen and oxygen atoms in total. The van der Waals surface area contributed by atoms with Crippen molar-refractivity contribution in [3.63, 3.8) is 0 Å². The molecule has 0 radical (unpaired) electrons. The molecule has 0 saturated heterocycles. The van der Waals surface area contributed by atoms with Crippen LogP contribution in [0.15, 0.2) is 47.1 Å². The van der Waals surface area contributed by atoms with Crippen molar-refractivity contribution in [2.45, 2.75) is 25.8 Å². The Morgan fingerprint density at radius 3 is 2.84 bits per heavy atom. The smallest absolute Gasteiger partial charge is 0.120 e. The van der Waals surface area contributed by atoms with Crippen molar-refractivity contribution < 1.29 is 9.15 Å². The molecule has 0 aliphatic carbocycles. The van der Waals surface area contributed by atoms with Crippen LogP contribution in [0.25, 0.3) is 0 Å². The number of rotatable bonds is 7. The van der Waals surface area contributed by atoms with Crippen LogP contribution in [0.1, 0.15) is 30.7 Å². The maximum absolute atomic E-state index is 5.44. The predicted octanol–water partition coefficient (Wildman–Crippen LogP) is 3.57. The van der Waals surface area contributed by atoms with Crippen LogP contribution in [-0.2, 0) is 6.42 Å². The Morgan fingerprint density at radius 2 is 2.16 bits per heavy atom. The fourth-order valence-electron chi connectivity index (χ4n) is 2.15. The van der Waals surface area contributed by atoms with E-state index in [0.29, 0.717) is 6.04 Å². The highest BCUT2D eigenvalue weighted by Gasteiger charge is 2.10. The highest BCUT2D eigenvalue weighted by molar-refractivity contribution is 5.28. The fourth-order valence-corrected chi connectivity index (χ4v) is 2.15. The second kappa shape index (κ2) is 7.00. The highest BCUT2D eigenvalue weighted by atomic mass is 16.5. The minimum Gasteiger partial charge on any atom is -0.497 e. The zero-order chi connectivity index (χ0) is 13.5. The van der Waals surface area contributed by atoms with Gasteiger partial charge < -0.3 is 14.5 Å². The molecule has 1 N–H and O–H groups in total. The Hall–Kier alpha value is -1.74. The zero-order valence-electron chi connectivity index (χ0n) is 11.6. The molecule has 0 aliphatic rings. The van der Waals surface area contributed by atoms with Gasteiger partial charge in [0.2, 0.25) is 0 Å². The average molecular weight is 259 g/mol. The third kappa shape index (κ3) is 3.86. The number of methoxy groups -OCH3 is 1. The van der Waals surface area contributed by atoms with Crippen molar-refractivity contribution in [2.24, 2.45) is 0 Å². The van der Waals surface area contributed by atoms with E-state index in [1.54, 1.807) is 13.4 Å². The number of hydrogen-bond donors (Lipinski definition) is 1. The lowest BCUT2D eigenvalue weighted by Crippen LogP contribution is -2.22. The molecule has 0 saturated carbocycles. The van der Waals surface area contributed by atoms with E-state index in [9.17, 15) is 0 Å². The van der Waals surface area contributed by atoms with E-state index in [0.717, 1.165) is 30.9 Å². The van der Waals surface area contributed by atoms with Crippen LogP contribution >= 0.6 is 0 Å². The molecule has 0 aliphatic heterocycles. The van der Waals surface area contributed by atoms with E-state index in [1.807, 2.05) is 24.3 Å². The maximum atomic E-state index is 5.44. The van der Waals surface area contributed by atoms with Crippen LogP contribution in [0, 0.1) is 0 Å². The summed E-state index contributed by atoms with van der Waals surface area (Å²) in [4.78, 5) is 0. The molecule has 2 aromatic rings. The van der Waals surface area contributed by atoms with Crippen LogP contribution in [0.2, 0.25) is 0 Å². The van der Waals surface area contributed by atoms with Gasteiger partial charge in [-0.3, -0.25) is 0 Å². The van der Waals surface area contributed by atoms with E-state index >= 15 is 0 Å². The second-order valence-corrected chi connectivity index (χ2v) is 4.53. The summed E-state index contributed by atoms with van der Waals surface area (Å²) >= 11 is 0. The summed E-state index contributed by atoms with van der Waals surface area (Å²) in [5, 5.41) is 3.52. The van der Waals surface area contributed by atoms with Crippen LogP contribution in [0.4, 0.5) is 0 Å². The Morgan fingerprint density at radius 1 is 1.26 bits per heavy atom. The van der Waals surface area contributed by atoms with Gasteiger partial charge in [0.15, 0.2) is 0 Å². The van der Waals surface area contributed by atoms with Crippen LogP contribution in [-0.4, -0.2) is 13.7 Å². The minimum absolute atomic E-state index is 0.292. The summed E-state index contributed by atoms with van der Waals surface area (Å²) in [6.07, 6.45) is 3.72. The van der Waals surface area contributed by atoms with E-state index < -0.39 is 0 Å². The molecule has 1 aromatic carbocycles. The monoisotopic (exact) mass is 259 g/mol. The summed E-state index contributed by atoms with van der Waals surface area (Å²) in [6.45, 7) is 3.08. The molecule has 1 aromatic heterocycles. The van der Waals surface area contributed by atoms with Crippen molar-refractivity contribution in [1.29, 1.82) is 0 Å². The normalized spacial score (nSPS) is 12.3. The average Bonchev–Trinajstić information content (AvgIpc) is 2.98. The second-order valence-electron chi connectivity index (χ2n) is 4.53. The van der Waals surface area contributed by atoms with Crippen molar-refractivity contribution in [3.05, 3.63) is 54.0 Å². The van der Waals surface area contributed by atoms with Gasteiger partial charge >= 0.3 is 0 Å². The van der Waals surface area contributed by atoms with Crippen LogP contribution < -0.4 is 10.1 Å². The Kier molecular flexibility index (Phi) is 5.04. The van der Waals surface area contributed by atoms with E-state index in [-0.39, 0.29) is 0 Å². The minimum atomic E-state index is 0.292. The van der Waals surface area contributed by atoms with Gasteiger partial charge in [0, 0.05) is 0 Å². The molecule has 3 heteroatoms. The Balaban J connectivity index is 1.85. The van der Waals surface area contributed by atoms with Crippen molar-refractivity contribution >= 4 is 0 Å². The lowest BCUT2D eigenvalue weighted by molar-refractivity contribution is 0.405. The molecule has 1 atom stereocenters. The molecule has 0 bridgehead atoms. The summed E-state index contributed by atoms with van der Waals surface area (Å²) in [6, 6.07) is 12.4. The molecule has 0 spiro atoms. The fraction of sp³-hybridized carbons (Fsp3) is 0.375.